The Morgan fingerprint density at radius 2 is 2.00 bits per heavy atom. The van der Waals surface area contributed by atoms with Crippen molar-refractivity contribution in [3.8, 4) is 0 Å². The van der Waals surface area contributed by atoms with E-state index in [1.807, 2.05) is 0 Å². The van der Waals surface area contributed by atoms with Crippen LogP contribution < -0.4 is 5.73 Å². The molecule has 100 valence electrons. The number of nitrogens with two attached hydrogens (primary N) is 1. The number of hydrogen-bond acceptors (Lipinski definition) is 3. The molecule has 0 heterocycles. The minimum atomic E-state index is -4.51. The molecule has 4 nitrogen and oxygen atoms in total. The van der Waals surface area contributed by atoms with Gasteiger partial charge in [0.25, 0.3) is 0 Å². The largest absolute Gasteiger partial charge is 0.403 e. The monoisotopic (exact) mass is 266 g/mol. The third-order valence-electron chi connectivity index (χ3n) is 2.37. The first kappa shape index (κ1) is 14.4. The van der Waals surface area contributed by atoms with Gasteiger partial charge in [-0.3, -0.25) is 10.1 Å². The molecule has 0 saturated carbocycles. The molecule has 1 aromatic rings. The predicted molar refractivity (Wildman–Crippen MR) is 55.4 cm³/mol. The van der Waals surface area contributed by atoms with Crippen LogP contribution in [0.25, 0.3) is 0 Å². The molecule has 8 heteroatoms. The van der Waals surface area contributed by atoms with E-state index < -0.39 is 35.1 Å². The number of alkyl halides is 3. The van der Waals surface area contributed by atoms with Gasteiger partial charge in [-0.05, 0) is 24.5 Å². The lowest BCUT2D eigenvalue weighted by atomic mass is 10.0. The summed E-state index contributed by atoms with van der Waals surface area (Å²) in [5.74, 6) is -1.02. The summed E-state index contributed by atoms with van der Waals surface area (Å²) in [7, 11) is 0. The van der Waals surface area contributed by atoms with Crippen molar-refractivity contribution in [3.05, 3.63) is 39.7 Å². The van der Waals surface area contributed by atoms with E-state index in [0.29, 0.717) is 0 Å². The van der Waals surface area contributed by atoms with E-state index in [-0.39, 0.29) is 12.0 Å². The fraction of sp³-hybridized carbons (Fsp3) is 0.400. The number of benzene rings is 1. The van der Waals surface area contributed by atoms with Crippen LogP contribution in [0.3, 0.4) is 0 Å². The number of nitro benzene ring substituents is 1. The Kier molecular flexibility index (Phi) is 4.23. The zero-order chi connectivity index (χ0) is 13.9. The fourth-order valence-electron chi connectivity index (χ4n) is 1.34. The summed E-state index contributed by atoms with van der Waals surface area (Å²) in [4.78, 5) is 9.50. The molecular weight excluding hydrogens is 256 g/mol. The Bertz CT molecular complexity index is 448. The van der Waals surface area contributed by atoms with Crippen molar-refractivity contribution in [1.29, 1.82) is 0 Å². The minimum Gasteiger partial charge on any atom is -0.320 e. The molecule has 0 aliphatic heterocycles. The molecule has 0 amide bonds. The molecular formula is C10H10F4N2O2. The molecule has 0 aliphatic carbocycles. The number of hydrogen-bond donors (Lipinski definition) is 1. The highest BCUT2D eigenvalue weighted by molar-refractivity contribution is 5.36. The average Bonchev–Trinajstić information content (AvgIpc) is 2.25. The first-order valence-corrected chi connectivity index (χ1v) is 4.97. The van der Waals surface area contributed by atoms with Crippen molar-refractivity contribution in [2.45, 2.75) is 25.1 Å². The average molecular weight is 266 g/mol. The highest BCUT2D eigenvalue weighted by Gasteiger charge is 2.36. The van der Waals surface area contributed by atoms with Gasteiger partial charge in [0.1, 0.15) is 6.04 Å². The van der Waals surface area contributed by atoms with Crippen molar-refractivity contribution in [3.63, 3.8) is 0 Å². The molecule has 1 rings (SSSR count). The van der Waals surface area contributed by atoms with Crippen LogP contribution in [0.2, 0.25) is 0 Å². The Morgan fingerprint density at radius 1 is 1.39 bits per heavy atom. The van der Waals surface area contributed by atoms with Gasteiger partial charge >= 0.3 is 11.9 Å². The molecule has 0 spiro atoms. The van der Waals surface area contributed by atoms with Crippen LogP contribution in [0, 0.1) is 15.9 Å². The van der Waals surface area contributed by atoms with Crippen molar-refractivity contribution in [1.82, 2.24) is 0 Å². The third kappa shape index (κ3) is 3.66. The Balaban J connectivity index is 2.75. The number of nitro groups is 1. The van der Waals surface area contributed by atoms with E-state index in [9.17, 15) is 27.7 Å². The van der Waals surface area contributed by atoms with Gasteiger partial charge in [-0.25, -0.2) is 0 Å². The highest BCUT2D eigenvalue weighted by atomic mass is 19.4. The molecule has 18 heavy (non-hydrogen) atoms. The van der Waals surface area contributed by atoms with Gasteiger partial charge < -0.3 is 5.73 Å². The Labute approximate surface area is 99.5 Å². The molecule has 1 atom stereocenters. The number of aryl methyl sites for hydroxylation is 1. The zero-order valence-electron chi connectivity index (χ0n) is 9.08. The summed E-state index contributed by atoms with van der Waals surface area (Å²) in [6.45, 7) is 0. The lowest BCUT2D eigenvalue weighted by Gasteiger charge is -2.15. The maximum atomic E-state index is 13.0. The standard InChI is InChI=1S/C10H10F4N2O2/c11-7-3-1-6(5-8(7)16(17)18)2-4-9(15)10(12,13)14/h1,3,5,9H,2,4,15H2. The van der Waals surface area contributed by atoms with Crippen LogP contribution in [0.15, 0.2) is 18.2 Å². The molecule has 0 aromatic heterocycles. The third-order valence-corrected chi connectivity index (χ3v) is 2.37. The quantitative estimate of drug-likeness (QED) is 0.517. The van der Waals surface area contributed by atoms with E-state index >= 15 is 0 Å². The summed E-state index contributed by atoms with van der Waals surface area (Å²) < 4.78 is 49.4. The van der Waals surface area contributed by atoms with E-state index in [1.54, 1.807) is 0 Å². The highest BCUT2D eigenvalue weighted by Crippen LogP contribution is 2.24. The van der Waals surface area contributed by atoms with Gasteiger partial charge in [0.15, 0.2) is 0 Å². The lowest BCUT2D eigenvalue weighted by Crippen LogP contribution is -2.37. The molecule has 1 aromatic carbocycles. The topological polar surface area (TPSA) is 69.2 Å². The van der Waals surface area contributed by atoms with Crippen LogP contribution >= 0.6 is 0 Å². The number of rotatable bonds is 4. The van der Waals surface area contributed by atoms with E-state index in [1.165, 1.54) is 6.07 Å². The van der Waals surface area contributed by atoms with Crippen molar-refractivity contribution in [2.24, 2.45) is 5.73 Å². The summed E-state index contributed by atoms with van der Waals surface area (Å²) in [6, 6.07) is 0.970. The fourth-order valence-corrected chi connectivity index (χ4v) is 1.34. The minimum absolute atomic E-state index is 0.109. The predicted octanol–water partition coefficient (Wildman–Crippen LogP) is 2.56. The molecule has 0 fully saturated rings. The van der Waals surface area contributed by atoms with Gasteiger partial charge in [-0.2, -0.15) is 17.6 Å². The first-order valence-electron chi connectivity index (χ1n) is 4.97. The molecule has 0 radical (unpaired) electrons. The summed E-state index contributed by atoms with van der Waals surface area (Å²) in [6.07, 6.45) is -5.03. The second-order valence-electron chi connectivity index (χ2n) is 3.73. The molecule has 0 bridgehead atoms. The second kappa shape index (κ2) is 5.30. The lowest BCUT2D eigenvalue weighted by molar-refractivity contribution is -0.387. The van der Waals surface area contributed by atoms with Crippen LogP contribution in [-0.4, -0.2) is 17.1 Å². The number of halogens is 4. The molecule has 0 aliphatic rings. The zero-order valence-corrected chi connectivity index (χ0v) is 9.08. The Morgan fingerprint density at radius 3 is 2.50 bits per heavy atom. The van der Waals surface area contributed by atoms with Gasteiger partial charge in [-0.1, -0.05) is 6.07 Å². The summed E-state index contributed by atoms with van der Waals surface area (Å²) in [5, 5.41) is 10.4. The second-order valence-corrected chi connectivity index (χ2v) is 3.73. The van der Waals surface area contributed by atoms with Gasteiger partial charge in [0.05, 0.1) is 4.92 Å². The van der Waals surface area contributed by atoms with Crippen LogP contribution in [0.5, 0.6) is 0 Å². The number of nitrogens with zero attached hydrogens (tertiary/aromatic N) is 1. The SMILES string of the molecule is NC(CCc1ccc(F)c([N+](=O)[O-])c1)C(F)(F)F. The van der Waals surface area contributed by atoms with Crippen LogP contribution in [0.4, 0.5) is 23.2 Å². The van der Waals surface area contributed by atoms with Crippen LogP contribution in [-0.2, 0) is 6.42 Å². The van der Waals surface area contributed by atoms with E-state index in [4.69, 9.17) is 5.73 Å². The van der Waals surface area contributed by atoms with E-state index in [2.05, 4.69) is 0 Å². The maximum absolute atomic E-state index is 13.0. The maximum Gasteiger partial charge on any atom is 0.403 e. The smallest absolute Gasteiger partial charge is 0.320 e. The van der Waals surface area contributed by atoms with Gasteiger partial charge in [-0.15, -0.1) is 0 Å². The normalized spacial score (nSPS) is 13.4. The van der Waals surface area contributed by atoms with E-state index in [0.717, 1.165) is 12.1 Å². The van der Waals surface area contributed by atoms with Gasteiger partial charge in [0.2, 0.25) is 5.82 Å². The van der Waals surface area contributed by atoms with Crippen LogP contribution in [0.1, 0.15) is 12.0 Å². The summed E-state index contributed by atoms with van der Waals surface area (Å²) in [5.41, 5.74) is 4.38. The molecule has 1 unspecified atom stereocenters. The van der Waals surface area contributed by atoms with Gasteiger partial charge in [0, 0.05) is 6.07 Å². The summed E-state index contributed by atoms with van der Waals surface area (Å²) >= 11 is 0. The van der Waals surface area contributed by atoms with Crippen molar-refractivity contribution < 1.29 is 22.5 Å². The first-order chi connectivity index (χ1) is 8.21. The van der Waals surface area contributed by atoms with Crippen molar-refractivity contribution >= 4 is 5.69 Å². The molecule has 2 N–H and O–H groups in total. The molecule has 0 saturated heterocycles. The Hall–Kier alpha value is -1.70. The van der Waals surface area contributed by atoms with Crippen molar-refractivity contribution in [2.75, 3.05) is 0 Å².